The van der Waals surface area contributed by atoms with Crippen molar-refractivity contribution in [3.63, 3.8) is 0 Å². The van der Waals surface area contributed by atoms with Crippen molar-refractivity contribution >= 4 is 16.9 Å². The molecule has 1 atom stereocenters. The topological polar surface area (TPSA) is 56.9 Å². The Morgan fingerprint density at radius 2 is 2.33 bits per heavy atom. The van der Waals surface area contributed by atoms with Gasteiger partial charge in [0.15, 0.2) is 0 Å². The number of amides is 2. The number of allylic oxidation sites excluding steroid dienone is 1. The van der Waals surface area contributed by atoms with Crippen molar-refractivity contribution in [3.05, 3.63) is 47.7 Å². The quantitative estimate of drug-likeness (QED) is 0.742. The third-order valence-electron chi connectivity index (χ3n) is 3.93. The van der Waals surface area contributed by atoms with Crippen molar-refractivity contribution < 1.29 is 4.79 Å². The maximum absolute atomic E-state index is 11.8. The van der Waals surface area contributed by atoms with E-state index in [0.29, 0.717) is 6.54 Å². The number of urea groups is 1. The second-order valence-corrected chi connectivity index (χ2v) is 5.63. The smallest absolute Gasteiger partial charge is 0.315 e. The number of nitrogens with one attached hydrogen (secondary N) is 3. The van der Waals surface area contributed by atoms with Crippen LogP contribution in [0.1, 0.15) is 24.0 Å². The standard InChI is InChI=1S/C17H21N3O/c1-12-6-7-16-15(10-12)13(11-19-16)8-9-18-17(21)20-14-4-2-3-5-14/h2,4,6-7,10-11,14,19H,3,5,8-9H2,1H3,(H2,18,20,21). The number of carbonyl (C=O) groups excluding carboxylic acids is 1. The summed E-state index contributed by atoms with van der Waals surface area (Å²) in [7, 11) is 0. The highest BCUT2D eigenvalue weighted by Crippen LogP contribution is 2.19. The molecule has 3 rings (SSSR count). The predicted octanol–water partition coefficient (Wildman–Crippen LogP) is 3.04. The van der Waals surface area contributed by atoms with Crippen molar-refractivity contribution in [1.82, 2.24) is 15.6 Å². The number of rotatable bonds is 4. The van der Waals surface area contributed by atoms with Gasteiger partial charge in [-0.3, -0.25) is 0 Å². The van der Waals surface area contributed by atoms with Gasteiger partial charge in [0.1, 0.15) is 0 Å². The molecule has 1 aliphatic rings. The minimum atomic E-state index is -0.0810. The monoisotopic (exact) mass is 283 g/mol. The summed E-state index contributed by atoms with van der Waals surface area (Å²) in [6.07, 6.45) is 9.09. The highest BCUT2D eigenvalue weighted by atomic mass is 16.2. The second-order valence-electron chi connectivity index (χ2n) is 5.63. The molecule has 2 amide bonds. The van der Waals surface area contributed by atoms with E-state index >= 15 is 0 Å². The van der Waals surface area contributed by atoms with Gasteiger partial charge in [-0.1, -0.05) is 23.8 Å². The molecule has 1 aromatic carbocycles. The maximum atomic E-state index is 11.8. The Labute approximate surface area is 124 Å². The van der Waals surface area contributed by atoms with E-state index in [2.05, 4.69) is 52.9 Å². The zero-order valence-corrected chi connectivity index (χ0v) is 12.3. The largest absolute Gasteiger partial charge is 0.361 e. The Hall–Kier alpha value is -2.23. The Kier molecular flexibility index (Phi) is 3.95. The molecule has 0 fully saturated rings. The minimum absolute atomic E-state index is 0.0810. The van der Waals surface area contributed by atoms with Crippen LogP contribution < -0.4 is 10.6 Å². The van der Waals surface area contributed by atoms with Gasteiger partial charge in [0, 0.05) is 29.7 Å². The van der Waals surface area contributed by atoms with Crippen molar-refractivity contribution in [1.29, 1.82) is 0 Å². The lowest BCUT2D eigenvalue weighted by atomic mass is 10.1. The maximum Gasteiger partial charge on any atom is 0.315 e. The van der Waals surface area contributed by atoms with E-state index in [0.717, 1.165) is 24.8 Å². The zero-order valence-electron chi connectivity index (χ0n) is 12.3. The molecule has 0 spiro atoms. The predicted molar refractivity (Wildman–Crippen MR) is 85.4 cm³/mol. The number of aromatic amines is 1. The Morgan fingerprint density at radius 1 is 1.43 bits per heavy atom. The fourth-order valence-electron chi connectivity index (χ4n) is 2.78. The number of hydrogen-bond acceptors (Lipinski definition) is 1. The fraction of sp³-hybridized carbons (Fsp3) is 0.353. The molecule has 0 saturated heterocycles. The van der Waals surface area contributed by atoms with E-state index in [4.69, 9.17) is 0 Å². The lowest BCUT2D eigenvalue weighted by molar-refractivity contribution is 0.239. The van der Waals surface area contributed by atoms with Crippen molar-refractivity contribution in [2.45, 2.75) is 32.2 Å². The first-order chi connectivity index (χ1) is 10.2. The first-order valence-electron chi connectivity index (χ1n) is 7.50. The lowest BCUT2D eigenvalue weighted by Gasteiger charge is -2.11. The highest BCUT2D eigenvalue weighted by Gasteiger charge is 2.11. The summed E-state index contributed by atoms with van der Waals surface area (Å²) in [6.45, 7) is 2.74. The number of carbonyl (C=O) groups is 1. The van der Waals surface area contributed by atoms with Gasteiger partial charge < -0.3 is 15.6 Å². The summed E-state index contributed by atoms with van der Waals surface area (Å²) in [4.78, 5) is 15.1. The van der Waals surface area contributed by atoms with Gasteiger partial charge in [0.2, 0.25) is 0 Å². The Balaban J connectivity index is 1.53. The van der Waals surface area contributed by atoms with Gasteiger partial charge >= 0.3 is 6.03 Å². The van der Waals surface area contributed by atoms with Gasteiger partial charge in [0.25, 0.3) is 0 Å². The summed E-state index contributed by atoms with van der Waals surface area (Å²) < 4.78 is 0. The first kappa shape index (κ1) is 13.7. The number of H-pyrrole nitrogens is 1. The summed E-state index contributed by atoms with van der Waals surface area (Å²) in [6, 6.07) is 6.50. The normalized spacial score (nSPS) is 17.3. The number of fused-ring (bicyclic) bond motifs is 1. The number of hydrogen-bond donors (Lipinski definition) is 3. The molecule has 1 aromatic heterocycles. The van der Waals surface area contributed by atoms with Crippen LogP contribution in [0.5, 0.6) is 0 Å². The van der Waals surface area contributed by atoms with Crippen LogP contribution in [0.25, 0.3) is 10.9 Å². The molecule has 1 heterocycles. The van der Waals surface area contributed by atoms with Crippen LogP contribution in [0.2, 0.25) is 0 Å². The van der Waals surface area contributed by atoms with E-state index in [1.54, 1.807) is 0 Å². The molecule has 0 bridgehead atoms. The molecule has 1 aliphatic carbocycles. The van der Waals surface area contributed by atoms with E-state index in [9.17, 15) is 4.79 Å². The number of aryl methyl sites for hydroxylation is 1. The van der Waals surface area contributed by atoms with Crippen LogP contribution in [0.15, 0.2) is 36.5 Å². The molecule has 3 N–H and O–H groups in total. The van der Waals surface area contributed by atoms with Crippen LogP contribution in [0.3, 0.4) is 0 Å². The molecule has 4 nitrogen and oxygen atoms in total. The van der Waals surface area contributed by atoms with E-state index in [1.165, 1.54) is 16.5 Å². The molecule has 4 heteroatoms. The van der Waals surface area contributed by atoms with Crippen molar-refractivity contribution in [2.75, 3.05) is 6.54 Å². The average molecular weight is 283 g/mol. The molecule has 0 aliphatic heterocycles. The van der Waals surface area contributed by atoms with E-state index < -0.39 is 0 Å². The van der Waals surface area contributed by atoms with E-state index in [-0.39, 0.29) is 12.1 Å². The SMILES string of the molecule is Cc1ccc2[nH]cc(CCNC(=O)NC3C=CCC3)c2c1. The first-order valence-corrected chi connectivity index (χ1v) is 7.50. The van der Waals surface area contributed by atoms with Crippen LogP contribution in [-0.4, -0.2) is 23.6 Å². The second kappa shape index (κ2) is 6.04. The lowest BCUT2D eigenvalue weighted by Crippen LogP contribution is -2.41. The molecule has 0 radical (unpaired) electrons. The van der Waals surface area contributed by atoms with Crippen LogP contribution >= 0.6 is 0 Å². The van der Waals surface area contributed by atoms with Crippen molar-refractivity contribution in [3.8, 4) is 0 Å². The third-order valence-corrected chi connectivity index (χ3v) is 3.93. The van der Waals surface area contributed by atoms with Gasteiger partial charge in [0.05, 0.1) is 0 Å². The third kappa shape index (κ3) is 3.27. The number of benzene rings is 1. The molecular formula is C17H21N3O. The van der Waals surface area contributed by atoms with Crippen LogP contribution in [0.4, 0.5) is 4.79 Å². The average Bonchev–Trinajstić information content (AvgIpc) is 3.09. The highest BCUT2D eigenvalue weighted by molar-refractivity contribution is 5.84. The van der Waals surface area contributed by atoms with Gasteiger partial charge in [-0.15, -0.1) is 0 Å². The van der Waals surface area contributed by atoms with Gasteiger partial charge in [-0.25, -0.2) is 4.79 Å². The van der Waals surface area contributed by atoms with Gasteiger partial charge in [-0.05, 0) is 43.9 Å². The Bertz CT molecular complexity index is 672. The number of aromatic nitrogens is 1. The van der Waals surface area contributed by atoms with Gasteiger partial charge in [-0.2, -0.15) is 0 Å². The van der Waals surface area contributed by atoms with E-state index in [1.807, 2.05) is 6.20 Å². The minimum Gasteiger partial charge on any atom is -0.361 e. The summed E-state index contributed by atoms with van der Waals surface area (Å²) >= 11 is 0. The molecular weight excluding hydrogens is 262 g/mol. The molecule has 110 valence electrons. The van der Waals surface area contributed by atoms with Crippen LogP contribution in [-0.2, 0) is 6.42 Å². The summed E-state index contributed by atoms with van der Waals surface area (Å²) in [5, 5.41) is 7.14. The molecule has 0 saturated carbocycles. The fourth-order valence-corrected chi connectivity index (χ4v) is 2.78. The summed E-state index contributed by atoms with van der Waals surface area (Å²) in [5.74, 6) is 0. The molecule has 21 heavy (non-hydrogen) atoms. The summed E-state index contributed by atoms with van der Waals surface area (Å²) in [5.41, 5.74) is 3.65. The van der Waals surface area contributed by atoms with Crippen LogP contribution in [0, 0.1) is 6.92 Å². The zero-order chi connectivity index (χ0) is 14.7. The Morgan fingerprint density at radius 3 is 3.14 bits per heavy atom. The molecule has 1 unspecified atom stereocenters. The van der Waals surface area contributed by atoms with Crippen molar-refractivity contribution in [2.24, 2.45) is 0 Å². The molecule has 2 aromatic rings.